The van der Waals surface area contributed by atoms with Crippen molar-refractivity contribution >= 4 is 61.5 Å². The Morgan fingerprint density at radius 3 is 1.60 bits per heavy atom. The Bertz CT molecular complexity index is 4140. The fourth-order valence-electron chi connectivity index (χ4n) is 11.0. The summed E-state index contributed by atoms with van der Waals surface area (Å²) in [6.07, 6.45) is 17.1. The van der Waals surface area contributed by atoms with Crippen LogP contribution in [-0.2, 0) is 6.42 Å². The first-order chi connectivity index (χ1) is 37.0. The van der Waals surface area contributed by atoms with Crippen molar-refractivity contribution in [3.05, 3.63) is 271 Å². The largest absolute Gasteiger partial charge is 0.334 e. The van der Waals surface area contributed by atoms with Gasteiger partial charge in [0.2, 0.25) is 0 Å². The quantitative estimate of drug-likeness (QED) is 0.0957. The van der Waals surface area contributed by atoms with E-state index in [2.05, 4.69) is 225 Å². The van der Waals surface area contributed by atoms with Crippen LogP contribution in [0.4, 0.5) is 22.7 Å². The smallest absolute Gasteiger partial charge is 0.0998 e. The number of allylic oxidation sites excluding steroid dienone is 3. The minimum absolute atomic E-state index is 0.108. The van der Waals surface area contributed by atoms with Gasteiger partial charge in [0.05, 0.1) is 51.6 Å². The zero-order valence-electron chi connectivity index (χ0n) is 41.2. The lowest BCUT2D eigenvalue weighted by molar-refractivity contribution is 0.766. The molecule has 0 saturated heterocycles. The molecule has 0 spiro atoms. The lowest BCUT2D eigenvalue weighted by atomic mass is 9.91. The summed E-state index contributed by atoms with van der Waals surface area (Å²) >= 11 is 0. The monoisotopic (exact) mass is 960 g/mol. The van der Waals surface area contributed by atoms with Gasteiger partial charge in [-0.1, -0.05) is 133 Å². The van der Waals surface area contributed by atoms with Gasteiger partial charge in [0.25, 0.3) is 0 Å². The molecule has 0 amide bonds. The third kappa shape index (κ3) is 8.22. The number of rotatable bonds is 11. The third-order valence-corrected chi connectivity index (χ3v) is 14.3. The molecule has 0 fully saturated rings. The zero-order valence-corrected chi connectivity index (χ0v) is 41.2. The second kappa shape index (κ2) is 19.7. The van der Waals surface area contributed by atoms with Gasteiger partial charge in [0.1, 0.15) is 0 Å². The van der Waals surface area contributed by atoms with Crippen LogP contribution in [0.25, 0.3) is 72.4 Å². The van der Waals surface area contributed by atoms with Crippen molar-refractivity contribution < 1.29 is 0 Å². The van der Waals surface area contributed by atoms with E-state index in [1.165, 1.54) is 10.9 Å². The van der Waals surface area contributed by atoms with Crippen molar-refractivity contribution in [2.45, 2.75) is 19.4 Å². The van der Waals surface area contributed by atoms with Gasteiger partial charge in [-0.2, -0.15) is 10.5 Å². The third-order valence-electron chi connectivity index (χ3n) is 14.3. The highest BCUT2D eigenvalue weighted by Crippen LogP contribution is 2.41. The molecule has 75 heavy (non-hydrogen) atoms. The molecule has 2 heterocycles. The molecule has 1 aliphatic rings. The number of anilines is 4. The number of hydrogen-bond donors (Lipinski definition) is 0. The van der Waals surface area contributed by atoms with Crippen LogP contribution in [0.5, 0.6) is 0 Å². The van der Waals surface area contributed by atoms with Crippen molar-refractivity contribution in [2.75, 3.05) is 9.80 Å². The van der Waals surface area contributed by atoms with Gasteiger partial charge in [-0.15, -0.1) is 6.42 Å². The maximum atomic E-state index is 10.7. The first-order valence-electron chi connectivity index (χ1n) is 25.1. The van der Waals surface area contributed by atoms with Gasteiger partial charge >= 0.3 is 0 Å². The van der Waals surface area contributed by atoms with Gasteiger partial charge in [0, 0.05) is 73.2 Å². The number of fused-ring (bicyclic) bond motifs is 6. The van der Waals surface area contributed by atoms with E-state index in [0.29, 0.717) is 22.3 Å². The Kier molecular flexibility index (Phi) is 12.0. The first-order valence-corrected chi connectivity index (χ1v) is 25.1. The molecule has 6 heteroatoms. The van der Waals surface area contributed by atoms with Crippen LogP contribution in [0.1, 0.15) is 29.3 Å². The SMILES string of the molecule is C#C/C=C(\C=C/C)N(c1ccccc1)c1ccc2c(c1)c1ccccc1n2-c1ccc(-c2cc(C#N)c(-c3ccc(-n4c5c(c6ccccc64)CC(N(c4ccccc4)c4ccccc4)C=C5)cc3)cc2C#N)cc1. The van der Waals surface area contributed by atoms with Gasteiger partial charge < -0.3 is 18.9 Å². The molecule has 0 saturated carbocycles. The van der Waals surface area contributed by atoms with E-state index in [4.69, 9.17) is 6.42 Å². The predicted octanol–water partition coefficient (Wildman–Crippen LogP) is 16.8. The highest BCUT2D eigenvalue weighted by molar-refractivity contribution is 6.10. The molecule has 12 rings (SSSR count). The van der Waals surface area contributed by atoms with E-state index in [9.17, 15) is 10.5 Å². The Labute approximate surface area is 437 Å². The maximum absolute atomic E-state index is 10.7. The molecule has 9 aromatic carbocycles. The molecule has 1 atom stereocenters. The van der Waals surface area contributed by atoms with E-state index < -0.39 is 0 Å². The van der Waals surface area contributed by atoms with Crippen molar-refractivity contribution in [1.29, 1.82) is 10.5 Å². The Morgan fingerprint density at radius 2 is 1.04 bits per heavy atom. The van der Waals surface area contributed by atoms with Crippen molar-refractivity contribution in [3.63, 3.8) is 0 Å². The normalized spacial score (nSPS) is 13.1. The highest BCUT2D eigenvalue weighted by Gasteiger charge is 2.28. The van der Waals surface area contributed by atoms with Gasteiger partial charge in [-0.25, -0.2) is 0 Å². The summed E-state index contributed by atoms with van der Waals surface area (Å²) < 4.78 is 4.62. The molecular formula is C69H48N6. The number of terminal acetylenes is 1. The second-order valence-corrected chi connectivity index (χ2v) is 18.6. The van der Waals surface area contributed by atoms with Crippen LogP contribution in [-0.4, -0.2) is 15.2 Å². The summed E-state index contributed by atoms with van der Waals surface area (Å²) in [6.45, 7) is 1.99. The Morgan fingerprint density at radius 1 is 0.533 bits per heavy atom. The molecule has 2 aromatic heterocycles. The molecular weight excluding hydrogens is 913 g/mol. The summed E-state index contributed by atoms with van der Waals surface area (Å²) in [7, 11) is 0. The van der Waals surface area contributed by atoms with Crippen LogP contribution >= 0.6 is 0 Å². The average Bonchev–Trinajstić information content (AvgIpc) is 4.02. The zero-order chi connectivity index (χ0) is 50.8. The Balaban J connectivity index is 0.863. The van der Waals surface area contributed by atoms with E-state index in [1.807, 2.05) is 61.5 Å². The van der Waals surface area contributed by atoms with Crippen molar-refractivity contribution in [1.82, 2.24) is 9.13 Å². The standard InChI is InChI=1S/C69H48N6/c1-3-18-52(19-4-2)72(53-20-8-5-9-21-53)58-38-40-68-64(44-58)60-26-14-16-28-66(60)74(68)56-34-30-48(31-35-56)62-42-51(47-71)63(43-50(62)46-70)49-32-36-57(37-33-49)75-67-29-17-15-27-61(67)65-45-59(39-41-69(65)75)73(54-22-10-6-11-23-54)55-24-12-7-13-25-55/h1,4-44,59H,45H2,2H3/b19-4-,52-18+. The minimum Gasteiger partial charge on any atom is -0.334 e. The average molecular weight is 961 g/mol. The minimum atomic E-state index is 0.108. The highest BCUT2D eigenvalue weighted by atomic mass is 15.2. The van der Waals surface area contributed by atoms with Crippen LogP contribution in [0.3, 0.4) is 0 Å². The van der Waals surface area contributed by atoms with Crippen LogP contribution < -0.4 is 9.80 Å². The van der Waals surface area contributed by atoms with Crippen LogP contribution in [0.15, 0.2) is 248 Å². The maximum Gasteiger partial charge on any atom is 0.0998 e. The fraction of sp³-hybridized carbons (Fsp3) is 0.0435. The summed E-state index contributed by atoms with van der Waals surface area (Å²) in [4.78, 5) is 4.60. The first kappa shape index (κ1) is 45.8. The molecule has 0 radical (unpaired) electrons. The van der Waals surface area contributed by atoms with E-state index in [1.54, 1.807) is 6.08 Å². The molecule has 0 N–H and O–H groups in total. The lowest BCUT2D eigenvalue weighted by Crippen LogP contribution is -2.32. The number of hydrogen-bond acceptors (Lipinski definition) is 4. The van der Waals surface area contributed by atoms with Crippen molar-refractivity contribution in [3.8, 4) is 58.1 Å². The van der Waals surface area contributed by atoms with Gasteiger partial charge in [-0.3, -0.25) is 0 Å². The van der Waals surface area contributed by atoms with Gasteiger partial charge in [-0.05, 0) is 145 Å². The van der Waals surface area contributed by atoms with Crippen LogP contribution in [0, 0.1) is 35.0 Å². The summed E-state index contributed by atoms with van der Waals surface area (Å²) in [5, 5.41) is 24.8. The van der Waals surface area contributed by atoms with Crippen molar-refractivity contribution in [2.24, 2.45) is 0 Å². The number of benzene rings is 9. The summed E-state index contributed by atoms with van der Waals surface area (Å²) in [6, 6.07) is 80.5. The molecule has 354 valence electrons. The second-order valence-electron chi connectivity index (χ2n) is 18.6. The van der Waals surface area contributed by atoms with Gasteiger partial charge in [0.15, 0.2) is 0 Å². The van der Waals surface area contributed by atoms with E-state index in [0.717, 1.165) is 90.4 Å². The number of nitriles is 2. The van der Waals surface area contributed by atoms with E-state index >= 15 is 0 Å². The molecule has 1 aliphatic carbocycles. The summed E-state index contributed by atoms with van der Waals surface area (Å²) in [5.74, 6) is 2.74. The van der Waals surface area contributed by atoms with Crippen LogP contribution in [0.2, 0.25) is 0 Å². The summed E-state index contributed by atoms with van der Waals surface area (Å²) in [5.41, 5.74) is 17.0. The Hall–Kier alpha value is -10.3. The van der Waals surface area contributed by atoms with E-state index in [-0.39, 0.29) is 6.04 Å². The molecule has 0 bridgehead atoms. The molecule has 1 unspecified atom stereocenters. The lowest BCUT2D eigenvalue weighted by Gasteiger charge is -2.34. The topological polar surface area (TPSA) is 63.9 Å². The predicted molar refractivity (Wildman–Crippen MR) is 310 cm³/mol. The molecule has 0 aliphatic heterocycles. The molecule has 6 nitrogen and oxygen atoms in total. The molecule has 11 aromatic rings. The fourth-order valence-corrected chi connectivity index (χ4v) is 11.0. The number of nitrogens with zero attached hydrogens (tertiary/aromatic N) is 6. The number of para-hydroxylation sites is 5. The number of aromatic nitrogens is 2.